The molecule has 2 aliphatic heterocycles. The van der Waals surface area contributed by atoms with Gasteiger partial charge in [0, 0.05) is 43.8 Å². The Hall–Kier alpha value is -2.10. The number of aryl methyl sites for hydroxylation is 1. The second kappa shape index (κ2) is 10.2. The highest BCUT2D eigenvalue weighted by atomic mass is 32.2. The summed E-state index contributed by atoms with van der Waals surface area (Å²) in [4.78, 5) is 19.3. The summed E-state index contributed by atoms with van der Waals surface area (Å²) in [7, 11) is -3.49. The van der Waals surface area contributed by atoms with Crippen LogP contribution in [-0.2, 0) is 14.8 Å². The minimum Gasteiger partial charge on any atom is -0.372 e. The zero-order valence-corrected chi connectivity index (χ0v) is 20.1. The van der Waals surface area contributed by atoms with Crippen molar-refractivity contribution in [2.45, 2.75) is 48.9 Å². The molecule has 0 radical (unpaired) electrons. The van der Waals surface area contributed by atoms with E-state index in [1.165, 1.54) is 40.8 Å². The van der Waals surface area contributed by atoms with Crippen LogP contribution in [0.4, 0.5) is 11.4 Å². The normalized spacial score (nSPS) is 17.5. The maximum atomic E-state index is 12.7. The van der Waals surface area contributed by atoms with Crippen molar-refractivity contribution in [3.63, 3.8) is 0 Å². The number of nitrogens with zero attached hydrogens (tertiary/aromatic N) is 3. The Kier molecular flexibility index (Phi) is 7.37. The van der Waals surface area contributed by atoms with Crippen LogP contribution in [0.2, 0.25) is 0 Å². The van der Waals surface area contributed by atoms with Gasteiger partial charge in [0.25, 0.3) is 0 Å². The van der Waals surface area contributed by atoms with Crippen molar-refractivity contribution in [1.82, 2.24) is 9.29 Å². The summed E-state index contributed by atoms with van der Waals surface area (Å²) in [5.74, 6) is 0.0947. The SMILES string of the molecule is Cc1cc(N2CCCC2)ccc1NC(=O)CSc1ccc(S(=O)(=O)N2CCCCC2)cn1. The molecular weight excluding hydrogens is 444 g/mol. The molecule has 0 saturated carbocycles. The Bertz CT molecular complexity index is 1050. The molecule has 0 spiro atoms. The number of sulfonamides is 1. The summed E-state index contributed by atoms with van der Waals surface area (Å²) in [5.41, 5.74) is 3.06. The molecule has 3 heterocycles. The van der Waals surface area contributed by atoms with Crippen LogP contribution in [-0.4, -0.2) is 55.5 Å². The molecule has 0 bridgehead atoms. The van der Waals surface area contributed by atoms with Gasteiger partial charge in [0.2, 0.25) is 15.9 Å². The van der Waals surface area contributed by atoms with Crippen molar-refractivity contribution in [2.75, 3.05) is 42.1 Å². The second-order valence-electron chi connectivity index (χ2n) is 8.33. The summed E-state index contributed by atoms with van der Waals surface area (Å²) < 4.78 is 27.0. The molecule has 0 unspecified atom stereocenters. The van der Waals surface area contributed by atoms with Gasteiger partial charge < -0.3 is 10.2 Å². The lowest BCUT2D eigenvalue weighted by atomic mass is 10.1. The third kappa shape index (κ3) is 5.44. The van der Waals surface area contributed by atoms with Crippen LogP contribution in [0.15, 0.2) is 46.5 Å². The van der Waals surface area contributed by atoms with Gasteiger partial charge in [-0.25, -0.2) is 13.4 Å². The van der Waals surface area contributed by atoms with Crippen molar-refractivity contribution in [2.24, 2.45) is 0 Å². The molecule has 7 nitrogen and oxygen atoms in total. The number of piperidine rings is 1. The molecule has 2 saturated heterocycles. The number of carbonyl (C=O) groups excluding carboxylic acids is 1. The van der Waals surface area contributed by atoms with E-state index in [2.05, 4.69) is 27.3 Å². The Morgan fingerprint density at radius 1 is 1.03 bits per heavy atom. The molecule has 4 rings (SSSR count). The van der Waals surface area contributed by atoms with E-state index in [0.29, 0.717) is 18.1 Å². The minimum absolute atomic E-state index is 0.112. The number of anilines is 2. The van der Waals surface area contributed by atoms with Crippen molar-refractivity contribution >= 4 is 39.1 Å². The van der Waals surface area contributed by atoms with Crippen molar-refractivity contribution in [1.29, 1.82) is 0 Å². The molecule has 172 valence electrons. The maximum absolute atomic E-state index is 12.7. The van der Waals surface area contributed by atoms with Gasteiger partial charge in [-0.3, -0.25) is 4.79 Å². The zero-order chi connectivity index (χ0) is 22.6. The average molecular weight is 475 g/mol. The Labute approximate surface area is 194 Å². The van der Waals surface area contributed by atoms with Crippen LogP contribution in [0.25, 0.3) is 0 Å². The fourth-order valence-corrected chi connectivity index (χ4v) is 6.25. The number of amides is 1. The third-order valence-electron chi connectivity index (χ3n) is 5.97. The largest absolute Gasteiger partial charge is 0.372 e. The first-order chi connectivity index (χ1) is 15.4. The fourth-order valence-electron chi connectivity index (χ4n) is 4.14. The predicted molar refractivity (Wildman–Crippen MR) is 129 cm³/mol. The van der Waals surface area contributed by atoms with E-state index in [-0.39, 0.29) is 16.6 Å². The van der Waals surface area contributed by atoms with Gasteiger partial charge in [0.05, 0.1) is 10.8 Å². The first-order valence-corrected chi connectivity index (χ1v) is 13.6. The molecule has 2 aliphatic rings. The first kappa shape index (κ1) is 23.1. The van der Waals surface area contributed by atoms with Gasteiger partial charge in [-0.15, -0.1) is 0 Å². The molecule has 32 heavy (non-hydrogen) atoms. The van der Waals surface area contributed by atoms with E-state index in [1.807, 2.05) is 13.0 Å². The Morgan fingerprint density at radius 3 is 2.41 bits per heavy atom. The molecule has 1 amide bonds. The Balaban J connectivity index is 1.31. The van der Waals surface area contributed by atoms with Crippen molar-refractivity contribution < 1.29 is 13.2 Å². The minimum atomic E-state index is -3.49. The van der Waals surface area contributed by atoms with Gasteiger partial charge in [-0.1, -0.05) is 18.2 Å². The Morgan fingerprint density at radius 2 is 1.75 bits per heavy atom. The van der Waals surface area contributed by atoms with Gasteiger partial charge >= 0.3 is 0 Å². The highest BCUT2D eigenvalue weighted by Crippen LogP contribution is 2.26. The first-order valence-electron chi connectivity index (χ1n) is 11.2. The molecule has 2 fully saturated rings. The number of thioether (sulfide) groups is 1. The molecule has 2 aromatic rings. The monoisotopic (exact) mass is 474 g/mol. The highest BCUT2D eigenvalue weighted by Gasteiger charge is 2.26. The number of rotatable bonds is 7. The lowest BCUT2D eigenvalue weighted by Crippen LogP contribution is -2.35. The lowest BCUT2D eigenvalue weighted by Gasteiger charge is -2.25. The van der Waals surface area contributed by atoms with E-state index < -0.39 is 10.0 Å². The van der Waals surface area contributed by atoms with E-state index in [1.54, 1.807) is 12.1 Å². The van der Waals surface area contributed by atoms with E-state index in [9.17, 15) is 13.2 Å². The van der Waals surface area contributed by atoms with Crippen LogP contribution in [0, 0.1) is 6.92 Å². The second-order valence-corrected chi connectivity index (χ2v) is 11.3. The standard InChI is InChI=1S/C23H30N4O3S2/c1-18-15-19(26-11-5-6-12-26)7-9-21(18)25-22(28)17-31-23-10-8-20(16-24-23)32(29,30)27-13-3-2-4-14-27/h7-10,15-16H,2-6,11-14,17H2,1H3,(H,25,28). The molecule has 1 aromatic carbocycles. The summed E-state index contributed by atoms with van der Waals surface area (Å²) in [6, 6.07) is 9.40. The highest BCUT2D eigenvalue weighted by molar-refractivity contribution is 7.99. The number of pyridine rings is 1. The topological polar surface area (TPSA) is 82.6 Å². The molecule has 1 aromatic heterocycles. The average Bonchev–Trinajstić information content (AvgIpc) is 3.35. The molecular formula is C23H30N4O3S2. The molecule has 9 heteroatoms. The number of aromatic nitrogens is 1. The van der Waals surface area contributed by atoms with Crippen LogP contribution >= 0.6 is 11.8 Å². The summed E-state index contributed by atoms with van der Waals surface area (Å²) in [5, 5.41) is 3.59. The van der Waals surface area contributed by atoms with Gasteiger partial charge in [-0.05, 0) is 68.5 Å². The van der Waals surface area contributed by atoms with Crippen molar-refractivity contribution in [3.05, 3.63) is 42.1 Å². The maximum Gasteiger partial charge on any atom is 0.244 e. The van der Waals surface area contributed by atoms with E-state index in [0.717, 1.165) is 43.6 Å². The van der Waals surface area contributed by atoms with Crippen LogP contribution in [0.1, 0.15) is 37.7 Å². The number of carbonyl (C=O) groups is 1. The number of benzene rings is 1. The summed E-state index contributed by atoms with van der Waals surface area (Å²) in [6.45, 7) is 5.32. The predicted octanol–water partition coefficient (Wildman–Crippen LogP) is 3.90. The molecule has 0 aliphatic carbocycles. The van der Waals surface area contributed by atoms with Crippen LogP contribution in [0.5, 0.6) is 0 Å². The molecule has 0 atom stereocenters. The van der Waals surface area contributed by atoms with Gasteiger partial charge in [0.15, 0.2) is 0 Å². The summed E-state index contributed by atoms with van der Waals surface area (Å²) in [6.07, 6.45) is 6.73. The number of hydrogen-bond acceptors (Lipinski definition) is 6. The third-order valence-corrected chi connectivity index (χ3v) is 8.79. The van der Waals surface area contributed by atoms with E-state index in [4.69, 9.17) is 0 Å². The molecule has 1 N–H and O–H groups in total. The van der Waals surface area contributed by atoms with Crippen LogP contribution in [0.3, 0.4) is 0 Å². The number of nitrogens with one attached hydrogen (secondary N) is 1. The smallest absolute Gasteiger partial charge is 0.244 e. The summed E-state index contributed by atoms with van der Waals surface area (Å²) >= 11 is 1.29. The quantitative estimate of drug-likeness (QED) is 0.613. The fraction of sp³-hybridized carbons (Fsp3) is 0.478. The van der Waals surface area contributed by atoms with Gasteiger partial charge in [0.1, 0.15) is 4.90 Å². The van der Waals surface area contributed by atoms with E-state index >= 15 is 0 Å². The van der Waals surface area contributed by atoms with Crippen molar-refractivity contribution in [3.8, 4) is 0 Å². The number of hydrogen-bond donors (Lipinski definition) is 1. The van der Waals surface area contributed by atoms with Gasteiger partial charge in [-0.2, -0.15) is 4.31 Å². The lowest BCUT2D eigenvalue weighted by molar-refractivity contribution is -0.113. The van der Waals surface area contributed by atoms with Crippen LogP contribution < -0.4 is 10.2 Å². The zero-order valence-electron chi connectivity index (χ0n) is 18.4.